The van der Waals surface area contributed by atoms with Crippen molar-refractivity contribution >= 4 is 12.0 Å². The average molecular weight is 214 g/mol. The van der Waals surface area contributed by atoms with Crippen LogP contribution in [0.4, 0.5) is 4.79 Å². The van der Waals surface area contributed by atoms with Crippen LogP contribution in [0.25, 0.3) is 0 Å². The molecular formula is C10H18N2O3. The van der Waals surface area contributed by atoms with Gasteiger partial charge in [0.25, 0.3) is 0 Å². The molecule has 5 heteroatoms. The number of hydrogen-bond donors (Lipinski definition) is 3. The molecule has 0 unspecified atom stereocenters. The summed E-state index contributed by atoms with van der Waals surface area (Å²) in [6.07, 6.45) is 1.97. The van der Waals surface area contributed by atoms with Gasteiger partial charge in [-0.25, -0.2) is 9.59 Å². The van der Waals surface area contributed by atoms with E-state index in [1.165, 1.54) is 0 Å². The third-order valence-electron chi connectivity index (χ3n) is 2.30. The van der Waals surface area contributed by atoms with E-state index in [0.29, 0.717) is 0 Å². The van der Waals surface area contributed by atoms with Crippen molar-refractivity contribution in [1.82, 2.24) is 10.6 Å². The second-order valence-corrected chi connectivity index (χ2v) is 5.03. The minimum absolute atomic E-state index is 0.236. The van der Waals surface area contributed by atoms with Gasteiger partial charge in [0.05, 0.1) is 0 Å². The van der Waals surface area contributed by atoms with Crippen molar-refractivity contribution in [2.45, 2.75) is 45.7 Å². The van der Waals surface area contributed by atoms with E-state index in [1.54, 1.807) is 20.8 Å². The molecule has 0 bridgehead atoms. The second kappa shape index (κ2) is 4.08. The zero-order chi connectivity index (χ0) is 11.6. The quantitative estimate of drug-likeness (QED) is 0.654. The topological polar surface area (TPSA) is 78.4 Å². The Morgan fingerprint density at radius 1 is 1.33 bits per heavy atom. The van der Waals surface area contributed by atoms with Crippen LogP contribution >= 0.6 is 0 Å². The van der Waals surface area contributed by atoms with Gasteiger partial charge in [-0.05, 0) is 18.3 Å². The number of carbonyl (C=O) groups is 2. The first-order valence-electron chi connectivity index (χ1n) is 5.10. The predicted molar refractivity (Wildman–Crippen MR) is 55.6 cm³/mol. The normalized spacial score (nSPS) is 18.1. The first-order valence-corrected chi connectivity index (χ1v) is 5.10. The molecule has 0 aliphatic heterocycles. The number of carboxylic acid groups (broad SMARTS) is 1. The SMILES string of the molecule is CC(C)(C)[C@H](NC(=O)NC1CC1)C(=O)O. The summed E-state index contributed by atoms with van der Waals surface area (Å²) in [6, 6.07) is -1.02. The number of hydrogen-bond acceptors (Lipinski definition) is 2. The summed E-state index contributed by atoms with van der Waals surface area (Å²) in [6.45, 7) is 5.34. The van der Waals surface area contributed by atoms with E-state index in [-0.39, 0.29) is 12.1 Å². The molecular weight excluding hydrogens is 196 g/mol. The lowest BCUT2D eigenvalue weighted by Gasteiger charge is -2.27. The number of carboxylic acids is 1. The van der Waals surface area contributed by atoms with Crippen LogP contribution in [0.1, 0.15) is 33.6 Å². The van der Waals surface area contributed by atoms with Crippen molar-refractivity contribution < 1.29 is 14.7 Å². The fraction of sp³-hybridized carbons (Fsp3) is 0.800. The maximum absolute atomic E-state index is 11.4. The lowest BCUT2D eigenvalue weighted by molar-refractivity contribution is -0.141. The first kappa shape index (κ1) is 11.8. The molecule has 0 radical (unpaired) electrons. The summed E-state index contributed by atoms with van der Waals surface area (Å²) in [5, 5.41) is 14.1. The molecule has 1 aliphatic carbocycles. The average Bonchev–Trinajstić information content (AvgIpc) is 2.81. The Bertz CT molecular complexity index is 266. The molecule has 0 heterocycles. The molecule has 0 aromatic carbocycles. The standard InChI is InChI=1S/C10H18N2O3/c1-10(2,3)7(8(13)14)12-9(15)11-6-4-5-6/h6-7H,4-5H2,1-3H3,(H,13,14)(H2,11,12,15)/t7-/m1/s1. The van der Waals surface area contributed by atoms with Crippen LogP contribution in [-0.4, -0.2) is 29.2 Å². The highest BCUT2D eigenvalue weighted by Gasteiger charge is 2.33. The molecule has 2 amide bonds. The Balaban J connectivity index is 2.49. The van der Waals surface area contributed by atoms with Crippen molar-refractivity contribution in [1.29, 1.82) is 0 Å². The zero-order valence-corrected chi connectivity index (χ0v) is 9.33. The predicted octanol–water partition coefficient (Wildman–Crippen LogP) is 0.947. The molecule has 0 aromatic rings. The van der Waals surface area contributed by atoms with E-state index in [1.807, 2.05) is 0 Å². The van der Waals surface area contributed by atoms with Gasteiger partial charge in [-0.15, -0.1) is 0 Å². The van der Waals surface area contributed by atoms with Crippen LogP contribution in [0, 0.1) is 5.41 Å². The van der Waals surface area contributed by atoms with Gasteiger partial charge >= 0.3 is 12.0 Å². The fourth-order valence-corrected chi connectivity index (χ4v) is 1.23. The van der Waals surface area contributed by atoms with Crippen molar-refractivity contribution in [3.05, 3.63) is 0 Å². The molecule has 15 heavy (non-hydrogen) atoms. The monoisotopic (exact) mass is 214 g/mol. The molecule has 86 valence electrons. The van der Waals surface area contributed by atoms with Crippen LogP contribution in [0.5, 0.6) is 0 Å². The Morgan fingerprint density at radius 3 is 2.20 bits per heavy atom. The van der Waals surface area contributed by atoms with E-state index in [4.69, 9.17) is 5.11 Å². The molecule has 1 atom stereocenters. The Morgan fingerprint density at radius 2 is 1.87 bits per heavy atom. The van der Waals surface area contributed by atoms with E-state index in [0.717, 1.165) is 12.8 Å². The summed E-state index contributed by atoms with van der Waals surface area (Å²) < 4.78 is 0. The lowest BCUT2D eigenvalue weighted by atomic mass is 9.87. The summed E-state index contributed by atoms with van der Waals surface area (Å²) in [5.74, 6) is -1.01. The van der Waals surface area contributed by atoms with Crippen LogP contribution in [-0.2, 0) is 4.79 Å². The molecule has 1 saturated carbocycles. The van der Waals surface area contributed by atoms with Crippen LogP contribution in [0.2, 0.25) is 0 Å². The Kier molecular flexibility index (Phi) is 3.21. The highest BCUT2D eigenvalue weighted by atomic mass is 16.4. The number of nitrogens with one attached hydrogen (secondary N) is 2. The summed E-state index contributed by atoms with van der Waals surface area (Å²) in [7, 11) is 0. The maximum atomic E-state index is 11.4. The van der Waals surface area contributed by atoms with E-state index < -0.39 is 17.4 Å². The van der Waals surface area contributed by atoms with E-state index in [2.05, 4.69) is 10.6 Å². The zero-order valence-electron chi connectivity index (χ0n) is 9.33. The molecule has 0 saturated heterocycles. The number of amides is 2. The minimum Gasteiger partial charge on any atom is -0.480 e. The summed E-state index contributed by atoms with van der Waals surface area (Å²) in [4.78, 5) is 22.3. The number of urea groups is 1. The van der Waals surface area contributed by atoms with Gasteiger partial charge < -0.3 is 15.7 Å². The summed E-state index contributed by atoms with van der Waals surface area (Å²) >= 11 is 0. The smallest absolute Gasteiger partial charge is 0.326 e. The van der Waals surface area contributed by atoms with Gasteiger partial charge in [-0.1, -0.05) is 20.8 Å². The van der Waals surface area contributed by atoms with Gasteiger partial charge in [-0.3, -0.25) is 0 Å². The lowest BCUT2D eigenvalue weighted by Crippen LogP contribution is -2.52. The van der Waals surface area contributed by atoms with E-state index in [9.17, 15) is 9.59 Å². The van der Waals surface area contributed by atoms with Crippen molar-refractivity contribution in [3.63, 3.8) is 0 Å². The Hall–Kier alpha value is -1.26. The van der Waals surface area contributed by atoms with Crippen molar-refractivity contribution in [3.8, 4) is 0 Å². The van der Waals surface area contributed by atoms with Gasteiger partial charge in [0.2, 0.25) is 0 Å². The van der Waals surface area contributed by atoms with Crippen LogP contribution in [0.15, 0.2) is 0 Å². The molecule has 1 aliphatic rings. The van der Waals surface area contributed by atoms with E-state index >= 15 is 0 Å². The number of aliphatic carboxylic acids is 1. The highest BCUT2D eigenvalue weighted by molar-refractivity contribution is 5.83. The summed E-state index contributed by atoms with van der Waals surface area (Å²) in [5.41, 5.74) is -0.493. The Labute approximate surface area is 89.2 Å². The number of carbonyl (C=O) groups excluding carboxylic acids is 1. The second-order valence-electron chi connectivity index (χ2n) is 5.03. The molecule has 5 nitrogen and oxygen atoms in total. The first-order chi connectivity index (χ1) is 6.80. The van der Waals surface area contributed by atoms with Gasteiger partial charge in [0.15, 0.2) is 0 Å². The maximum Gasteiger partial charge on any atom is 0.326 e. The third-order valence-corrected chi connectivity index (χ3v) is 2.30. The molecule has 1 fully saturated rings. The van der Waals surface area contributed by atoms with Gasteiger partial charge in [0.1, 0.15) is 6.04 Å². The van der Waals surface area contributed by atoms with Crippen LogP contribution < -0.4 is 10.6 Å². The highest BCUT2D eigenvalue weighted by Crippen LogP contribution is 2.21. The third kappa shape index (κ3) is 3.77. The molecule has 0 aromatic heterocycles. The largest absolute Gasteiger partial charge is 0.480 e. The number of rotatable bonds is 3. The fourth-order valence-electron chi connectivity index (χ4n) is 1.23. The van der Waals surface area contributed by atoms with Gasteiger partial charge in [-0.2, -0.15) is 0 Å². The molecule has 3 N–H and O–H groups in total. The van der Waals surface area contributed by atoms with Crippen molar-refractivity contribution in [2.24, 2.45) is 5.41 Å². The minimum atomic E-state index is -1.01. The molecule has 0 spiro atoms. The molecule has 1 rings (SSSR count). The van der Waals surface area contributed by atoms with Gasteiger partial charge in [0, 0.05) is 6.04 Å². The van der Waals surface area contributed by atoms with Crippen LogP contribution in [0.3, 0.4) is 0 Å². The van der Waals surface area contributed by atoms with Crippen molar-refractivity contribution in [2.75, 3.05) is 0 Å².